The summed E-state index contributed by atoms with van der Waals surface area (Å²) in [6.07, 6.45) is 1.45. The summed E-state index contributed by atoms with van der Waals surface area (Å²) < 4.78 is 11.3. The molecule has 0 radical (unpaired) electrons. The summed E-state index contributed by atoms with van der Waals surface area (Å²) in [7, 11) is 0. The predicted molar refractivity (Wildman–Crippen MR) is 146 cm³/mol. The molecule has 5 aromatic carbocycles. The maximum absolute atomic E-state index is 12.8. The Hall–Kier alpha value is -4.68. The minimum Gasteiger partial charge on any atom is -0.484 e. The van der Waals surface area contributed by atoms with E-state index < -0.39 is 11.9 Å². The van der Waals surface area contributed by atoms with Gasteiger partial charge in [0.25, 0.3) is 5.91 Å². The van der Waals surface area contributed by atoms with Gasteiger partial charge in [-0.25, -0.2) is 10.2 Å². The zero-order valence-corrected chi connectivity index (χ0v) is 20.3. The lowest BCUT2D eigenvalue weighted by molar-refractivity contribution is -0.123. The van der Waals surface area contributed by atoms with Crippen LogP contribution in [0.1, 0.15) is 15.9 Å². The third kappa shape index (κ3) is 5.60. The molecular formula is C30H21ClN2O4. The van der Waals surface area contributed by atoms with E-state index in [0.29, 0.717) is 16.3 Å². The van der Waals surface area contributed by atoms with Crippen molar-refractivity contribution in [2.24, 2.45) is 5.10 Å². The van der Waals surface area contributed by atoms with Gasteiger partial charge in [-0.2, -0.15) is 5.10 Å². The van der Waals surface area contributed by atoms with Crippen molar-refractivity contribution < 1.29 is 19.1 Å². The molecule has 0 atom stereocenters. The summed E-state index contributed by atoms with van der Waals surface area (Å²) in [5.74, 6) is -0.155. The molecule has 6 nitrogen and oxygen atoms in total. The van der Waals surface area contributed by atoms with E-state index in [4.69, 9.17) is 21.1 Å². The fourth-order valence-corrected chi connectivity index (χ4v) is 4.10. The first-order chi connectivity index (χ1) is 18.1. The van der Waals surface area contributed by atoms with Gasteiger partial charge in [0.2, 0.25) is 0 Å². The van der Waals surface area contributed by atoms with Gasteiger partial charge in [-0.05, 0) is 51.9 Å². The summed E-state index contributed by atoms with van der Waals surface area (Å²) in [6, 6.07) is 31.3. The first-order valence-electron chi connectivity index (χ1n) is 11.5. The van der Waals surface area contributed by atoms with Crippen LogP contribution in [0, 0.1) is 0 Å². The number of carbonyl (C=O) groups excluding carboxylic acids is 2. The highest BCUT2D eigenvalue weighted by molar-refractivity contribution is 6.33. The SMILES string of the molecule is O=C(COc1ccc2ccccc2c1)NN=Cc1c(OC(=O)c2ccccc2Cl)ccc2ccccc12. The number of ether oxygens (including phenoxy) is 2. The van der Waals surface area contributed by atoms with E-state index in [0.717, 1.165) is 21.5 Å². The number of hydrogen-bond donors (Lipinski definition) is 1. The van der Waals surface area contributed by atoms with Crippen LogP contribution in [-0.4, -0.2) is 24.7 Å². The minimum absolute atomic E-state index is 0.209. The summed E-state index contributed by atoms with van der Waals surface area (Å²) in [6.45, 7) is -0.209. The number of nitrogens with zero attached hydrogens (tertiary/aromatic N) is 1. The molecular weight excluding hydrogens is 488 g/mol. The van der Waals surface area contributed by atoms with Crippen molar-refractivity contribution in [3.63, 3.8) is 0 Å². The highest BCUT2D eigenvalue weighted by atomic mass is 35.5. The maximum Gasteiger partial charge on any atom is 0.345 e. The molecule has 1 N–H and O–H groups in total. The maximum atomic E-state index is 12.8. The second-order valence-corrected chi connectivity index (χ2v) is 8.57. The molecule has 0 spiro atoms. The van der Waals surface area contributed by atoms with Gasteiger partial charge in [-0.1, -0.05) is 84.4 Å². The number of nitrogens with one attached hydrogen (secondary N) is 1. The standard InChI is InChI=1S/C30H21ClN2O4/c31-27-12-6-5-11-25(27)30(35)37-28-16-14-21-8-3-4-10-24(21)26(28)18-32-33-29(34)19-36-23-15-13-20-7-1-2-9-22(20)17-23/h1-18H,19H2,(H,33,34). The van der Waals surface area contributed by atoms with Crippen LogP contribution in [0.3, 0.4) is 0 Å². The molecule has 0 saturated carbocycles. The zero-order chi connectivity index (χ0) is 25.6. The van der Waals surface area contributed by atoms with Crippen molar-refractivity contribution in [2.75, 3.05) is 6.61 Å². The summed E-state index contributed by atoms with van der Waals surface area (Å²) >= 11 is 6.15. The molecule has 1 amide bonds. The van der Waals surface area contributed by atoms with Gasteiger partial charge < -0.3 is 9.47 Å². The number of amides is 1. The molecule has 0 aliphatic rings. The van der Waals surface area contributed by atoms with Gasteiger partial charge in [0.1, 0.15) is 11.5 Å². The molecule has 0 fully saturated rings. The Bertz CT molecular complexity index is 1650. The van der Waals surface area contributed by atoms with Gasteiger partial charge in [0.05, 0.1) is 16.8 Å². The van der Waals surface area contributed by atoms with Gasteiger partial charge >= 0.3 is 5.97 Å². The van der Waals surface area contributed by atoms with Crippen LogP contribution in [0.25, 0.3) is 21.5 Å². The van der Waals surface area contributed by atoms with Crippen LogP contribution < -0.4 is 14.9 Å². The molecule has 5 rings (SSSR count). The predicted octanol–water partition coefficient (Wildman–Crippen LogP) is 6.39. The Kier molecular flexibility index (Phi) is 7.10. The quantitative estimate of drug-likeness (QED) is 0.119. The van der Waals surface area contributed by atoms with Crippen LogP contribution in [0.4, 0.5) is 0 Å². The molecule has 0 bridgehead atoms. The average molecular weight is 509 g/mol. The van der Waals surface area contributed by atoms with E-state index in [2.05, 4.69) is 10.5 Å². The zero-order valence-electron chi connectivity index (χ0n) is 19.6. The van der Waals surface area contributed by atoms with E-state index in [1.807, 2.05) is 72.8 Å². The monoisotopic (exact) mass is 508 g/mol. The average Bonchev–Trinajstić information content (AvgIpc) is 2.93. The molecule has 0 saturated heterocycles. The minimum atomic E-state index is -0.594. The number of rotatable bonds is 7. The number of esters is 1. The molecule has 0 aromatic heterocycles. The Morgan fingerprint density at radius 2 is 1.51 bits per heavy atom. The fourth-order valence-electron chi connectivity index (χ4n) is 3.89. The van der Waals surface area contributed by atoms with Crippen molar-refractivity contribution in [1.82, 2.24) is 5.43 Å². The number of fused-ring (bicyclic) bond motifs is 2. The molecule has 5 aromatic rings. The van der Waals surface area contributed by atoms with Crippen molar-refractivity contribution in [3.05, 3.63) is 119 Å². The Morgan fingerprint density at radius 1 is 0.811 bits per heavy atom. The molecule has 0 heterocycles. The number of halogens is 1. The fraction of sp³-hybridized carbons (Fsp3) is 0.0333. The van der Waals surface area contributed by atoms with Gasteiger partial charge in [0, 0.05) is 5.56 Å². The second kappa shape index (κ2) is 10.9. The van der Waals surface area contributed by atoms with Crippen molar-refractivity contribution >= 4 is 51.2 Å². The van der Waals surface area contributed by atoms with Crippen LogP contribution >= 0.6 is 11.6 Å². The third-order valence-corrected chi connectivity index (χ3v) is 6.03. The van der Waals surface area contributed by atoms with Crippen LogP contribution in [0.5, 0.6) is 11.5 Å². The third-order valence-electron chi connectivity index (χ3n) is 5.70. The lowest BCUT2D eigenvalue weighted by Crippen LogP contribution is -2.24. The lowest BCUT2D eigenvalue weighted by Gasteiger charge is -2.11. The van der Waals surface area contributed by atoms with Crippen LogP contribution in [0.2, 0.25) is 5.02 Å². The lowest BCUT2D eigenvalue weighted by atomic mass is 10.0. The first-order valence-corrected chi connectivity index (χ1v) is 11.9. The van der Waals surface area contributed by atoms with Gasteiger partial charge in [-0.15, -0.1) is 0 Å². The summed E-state index contributed by atoms with van der Waals surface area (Å²) in [5.41, 5.74) is 3.25. The Labute approximate surface area is 218 Å². The smallest absolute Gasteiger partial charge is 0.345 e. The molecule has 37 heavy (non-hydrogen) atoms. The Balaban J connectivity index is 1.31. The van der Waals surface area contributed by atoms with E-state index in [1.165, 1.54) is 6.21 Å². The summed E-state index contributed by atoms with van der Waals surface area (Å²) in [4.78, 5) is 25.1. The molecule has 7 heteroatoms. The van der Waals surface area contributed by atoms with Crippen molar-refractivity contribution in [3.8, 4) is 11.5 Å². The van der Waals surface area contributed by atoms with Crippen LogP contribution in [-0.2, 0) is 4.79 Å². The van der Waals surface area contributed by atoms with Gasteiger partial charge in [0.15, 0.2) is 6.61 Å². The second-order valence-electron chi connectivity index (χ2n) is 8.16. The molecule has 0 unspecified atom stereocenters. The van der Waals surface area contributed by atoms with Crippen molar-refractivity contribution in [1.29, 1.82) is 0 Å². The number of hydrazone groups is 1. The molecule has 0 aliphatic carbocycles. The number of carbonyl (C=O) groups is 2. The summed E-state index contributed by atoms with van der Waals surface area (Å²) in [5, 5.41) is 8.22. The first kappa shape index (κ1) is 24.0. The highest BCUT2D eigenvalue weighted by Crippen LogP contribution is 2.28. The number of benzene rings is 5. The van der Waals surface area contributed by atoms with Gasteiger partial charge in [-0.3, -0.25) is 4.79 Å². The van der Waals surface area contributed by atoms with Crippen LogP contribution in [0.15, 0.2) is 108 Å². The molecule has 0 aliphatic heterocycles. The van der Waals surface area contributed by atoms with E-state index in [-0.39, 0.29) is 17.9 Å². The Morgan fingerprint density at radius 3 is 2.35 bits per heavy atom. The molecule has 182 valence electrons. The van der Waals surface area contributed by atoms with Crippen molar-refractivity contribution in [2.45, 2.75) is 0 Å². The number of hydrogen-bond acceptors (Lipinski definition) is 5. The topological polar surface area (TPSA) is 77.0 Å². The van der Waals surface area contributed by atoms with E-state index in [9.17, 15) is 9.59 Å². The highest BCUT2D eigenvalue weighted by Gasteiger charge is 2.16. The normalized spacial score (nSPS) is 11.1. The van der Waals surface area contributed by atoms with E-state index in [1.54, 1.807) is 30.3 Å². The largest absolute Gasteiger partial charge is 0.484 e. The van der Waals surface area contributed by atoms with E-state index >= 15 is 0 Å².